The van der Waals surface area contributed by atoms with Crippen LogP contribution in [0.3, 0.4) is 0 Å². The van der Waals surface area contributed by atoms with Gasteiger partial charge in [0.2, 0.25) is 0 Å². The molecule has 104 valence electrons. The van der Waals surface area contributed by atoms with E-state index in [0.717, 1.165) is 0 Å². The molecule has 2 rings (SSSR count). The van der Waals surface area contributed by atoms with E-state index >= 15 is 0 Å². The number of hydrogen-bond acceptors (Lipinski definition) is 2. The molecule has 20 heavy (non-hydrogen) atoms. The lowest BCUT2D eigenvalue weighted by Crippen LogP contribution is -2.23. The predicted molar refractivity (Wildman–Crippen MR) is 76.5 cm³/mol. The maximum absolute atomic E-state index is 13.9. The highest BCUT2D eigenvalue weighted by Gasteiger charge is 2.17. The van der Waals surface area contributed by atoms with E-state index in [2.05, 4.69) is 0 Å². The zero-order valence-electron chi connectivity index (χ0n) is 11.0. The summed E-state index contributed by atoms with van der Waals surface area (Å²) in [6.45, 7) is 2.35. The van der Waals surface area contributed by atoms with Crippen LogP contribution in [-0.2, 0) is 0 Å². The number of nitrogens with one attached hydrogen (secondary N) is 1. The minimum Gasteiger partial charge on any atom is -0.384 e. The topological polar surface area (TPSA) is 53.1 Å². The maximum atomic E-state index is 13.9. The number of nitrogen functional groups attached to an aromatic ring is 1. The second kappa shape index (κ2) is 5.69. The van der Waals surface area contributed by atoms with E-state index < -0.39 is 5.82 Å². The van der Waals surface area contributed by atoms with Crippen molar-refractivity contribution in [3.8, 4) is 0 Å². The predicted octanol–water partition coefficient (Wildman–Crippen LogP) is 3.41. The van der Waals surface area contributed by atoms with E-state index in [1.54, 1.807) is 29.2 Å². The van der Waals surface area contributed by atoms with Crippen LogP contribution in [0.15, 0.2) is 42.5 Å². The van der Waals surface area contributed by atoms with Gasteiger partial charge in [0.15, 0.2) is 0 Å². The fourth-order valence-electron chi connectivity index (χ4n) is 2.14. The highest BCUT2D eigenvalue weighted by Crippen LogP contribution is 2.30. The van der Waals surface area contributed by atoms with E-state index in [-0.39, 0.29) is 17.2 Å². The minimum atomic E-state index is -0.565. The monoisotopic (exact) mass is 275 g/mol. The lowest BCUT2D eigenvalue weighted by molar-refractivity contribution is 0.624. The van der Waals surface area contributed by atoms with Crippen LogP contribution >= 0.6 is 0 Å². The molecule has 0 spiro atoms. The molecule has 5 heteroatoms. The molecule has 0 aliphatic heterocycles. The van der Waals surface area contributed by atoms with E-state index in [1.165, 1.54) is 18.2 Å². The van der Waals surface area contributed by atoms with Crippen LogP contribution in [0.1, 0.15) is 12.5 Å². The van der Waals surface area contributed by atoms with Gasteiger partial charge in [-0.25, -0.2) is 8.78 Å². The van der Waals surface area contributed by atoms with Gasteiger partial charge in [-0.15, -0.1) is 0 Å². The van der Waals surface area contributed by atoms with Crippen molar-refractivity contribution in [1.29, 1.82) is 5.41 Å². The van der Waals surface area contributed by atoms with E-state index in [9.17, 15) is 8.78 Å². The van der Waals surface area contributed by atoms with Crippen LogP contribution in [0.5, 0.6) is 0 Å². The molecule has 0 fully saturated rings. The number of anilines is 2. The van der Waals surface area contributed by atoms with Crippen molar-refractivity contribution in [2.45, 2.75) is 6.92 Å². The molecule has 0 saturated heterocycles. The number of nitrogens with two attached hydrogens (primary N) is 1. The Balaban J connectivity index is 2.58. The second-order valence-corrected chi connectivity index (χ2v) is 4.27. The molecule has 0 aliphatic rings. The van der Waals surface area contributed by atoms with Crippen molar-refractivity contribution in [2.75, 3.05) is 11.4 Å². The van der Waals surface area contributed by atoms with Gasteiger partial charge < -0.3 is 10.6 Å². The van der Waals surface area contributed by atoms with Crippen LogP contribution in [0.2, 0.25) is 0 Å². The average Bonchev–Trinajstić information content (AvgIpc) is 2.39. The third-order valence-corrected chi connectivity index (χ3v) is 2.99. The van der Waals surface area contributed by atoms with E-state index in [0.29, 0.717) is 17.9 Å². The highest BCUT2D eigenvalue weighted by atomic mass is 19.1. The Hall–Kier alpha value is -2.43. The van der Waals surface area contributed by atoms with Crippen LogP contribution in [0.25, 0.3) is 0 Å². The van der Waals surface area contributed by atoms with Crippen LogP contribution in [0, 0.1) is 17.0 Å². The lowest BCUT2D eigenvalue weighted by Gasteiger charge is -2.25. The standard InChI is InChI=1S/C15H15F2N3/c1-2-20(11-6-3-5-10(16)9-11)13-8-4-7-12(17)14(13)15(18)19/h3-9H,2H2,1H3,(H3,18,19). The zero-order valence-corrected chi connectivity index (χ0v) is 11.0. The largest absolute Gasteiger partial charge is 0.384 e. The molecule has 0 bridgehead atoms. The molecule has 2 aromatic carbocycles. The van der Waals surface area contributed by atoms with Crippen molar-refractivity contribution < 1.29 is 8.78 Å². The van der Waals surface area contributed by atoms with E-state index in [1.807, 2.05) is 6.92 Å². The molecule has 0 saturated carbocycles. The molecule has 0 aromatic heterocycles. The first-order valence-electron chi connectivity index (χ1n) is 6.20. The number of benzene rings is 2. The molecule has 0 heterocycles. The van der Waals surface area contributed by atoms with E-state index in [4.69, 9.17) is 11.1 Å². The summed E-state index contributed by atoms with van der Waals surface area (Å²) < 4.78 is 27.2. The summed E-state index contributed by atoms with van der Waals surface area (Å²) in [5.74, 6) is -1.29. The molecule has 0 unspecified atom stereocenters. The Labute approximate surface area is 116 Å². The van der Waals surface area contributed by atoms with Gasteiger partial charge >= 0.3 is 0 Å². The number of nitrogens with zero attached hydrogens (tertiary/aromatic N) is 1. The Bertz CT molecular complexity index is 641. The highest BCUT2D eigenvalue weighted by molar-refractivity contribution is 6.01. The molecular weight excluding hydrogens is 260 g/mol. The third kappa shape index (κ3) is 2.61. The lowest BCUT2D eigenvalue weighted by atomic mass is 10.1. The first-order valence-corrected chi connectivity index (χ1v) is 6.20. The van der Waals surface area contributed by atoms with Gasteiger partial charge in [0.1, 0.15) is 17.5 Å². The number of halogens is 2. The van der Waals surface area contributed by atoms with Gasteiger partial charge in [0.05, 0.1) is 11.3 Å². The van der Waals surface area contributed by atoms with Gasteiger partial charge in [-0.3, -0.25) is 5.41 Å². The van der Waals surface area contributed by atoms with Gasteiger partial charge in [0.25, 0.3) is 0 Å². The summed E-state index contributed by atoms with van der Waals surface area (Å²) in [5.41, 5.74) is 6.52. The van der Waals surface area contributed by atoms with Gasteiger partial charge in [0, 0.05) is 12.2 Å². The van der Waals surface area contributed by atoms with Gasteiger partial charge in [-0.1, -0.05) is 12.1 Å². The molecule has 2 aromatic rings. The Kier molecular flexibility index (Phi) is 3.98. The summed E-state index contributed by atoms with van der Waals surface area (Å²) in [7, 11) is 0. The molecule has 0 radical (unpaired) electrons. The average molecular weight is 275 g/mol. The second-order valence-electron chi connectivity index (χ2n) is 4.27. The maximum Gasteiger partial charge on any atom is 0.136 e. The normalized spacial score (nSPS) is 10.3. The summed E-state index contributed by atoms with van der Waals surface area (Å²) in [4.78, 5) is 1.71. The quantitative estimate of drug-likeness (QED) is 0.663. The Morgan fingerprint density at radius 1 is 1.20 bits per heavy atom. The zero-order chi connectivity index (χ0) is 14.7. The van der Waals surface area contributed by atoms with Crippen LogP contribution < -0.4 is 10.6 Å². The first kappa shape index (κ1) is 14.0. The van der Waals surface area contributed by atoms with Crippen molar-refractivity contribution >= 4 is 17.2 Å². The van der Waals surface area contributed by atoms with Crippen molar-refractivity contribution in [3.05, 3.63) is 59.7 Å². The SMILES string of the molecule is CCN(c1cccc(F)c1)c1cccc(F)c1C(=N)N. The third-order valence-electron chi connectivity index (χ3n) is 2.99. The van der Waals surface area contributed by atoms with Gasteiger partial charge in [-0.05, 0) is 37.3 Å². The summed E-state index contributed by atoms with van der Waals surface area (Å²) in [5, 5.41) is 7.53. The fourth-order valence-corrected chi connectivity index (χ4v) is 2.14. The fraction of sp³-hybridized carbons (Fsp3) is 0.133. The van der Waals surface area contributed by atoms with Crippen molar-refractivity contribution in [3.63, 3.8) is 0 Å². The summed E-state index contributed by atoms with van der Waals surface area (Å²) in [6.07, 6.45) is 0. The van der Waals surface area contributed by atoms with Crippen molar-refractivity contribution in [1.82, 2.24) is 0 Å². The van der Waals surface area contributed by atoms with Gasteiger partial charge in [-0.2, -0.15) is 0 Å². The van der Waals surface area contributed by atoms with Crippen LogP contribution in [-0.4, -0.2) is 12.4 Å². The minimum absolute atomic E-state index is 0.0265. The molecule has 0 amide bonds. The molecule has 3 nitrogen and oxygen atoms in total. The molecular formula is C15H15F2N3. The summed E-state index contributed by atoms with van der Waals surface area (Å²) >= 11 is 0. The molecule has 0 atom stereocenters. The smallest absolute Gasteiger partial charge is 0.136 e. The number of amidine groups is 1. The molecule has 3 N–H and O–H groups in total. The van der Waals surface area contributed by atoms with Crippen molar-refractivity contribution in [2.24, 2.45) is 5.73 Å². The Morgan fingerprint density at radius 2 is 1.90 bits per heavy atom. The first-order chi connectivity index (χ1) is 9.54. The van der Waals surface area contributed by atoms with Crippen LogP contribution in [0.4, 0.5) is 20.2 Å². The Morgan fingerprint density at radius 3 is 2.50 bits per heavy atom. The number of hydrogen-bond donors (Lipinski definition) is 2. The summed E-state index contributed by atoms with van der Waals surface area (Å²) in [6, 6.07) is 10.5. The number of rotatable bonds is 4. The molecule has 0 aliphatic carbocycles.